The van der Waals surface area contributed by atoms with Crippen molar-refractivity contribution in [1.82, 2.24) is 10.2 Å². The van der Waals surface area contributed by atoms with Gasteiger partial charge in [-0.05, 0) is 12.3 Å². The fourth-order valence-corrected chi connectivity index (χ4v) is 1.64. The van der Waals surface area contributed by atoms with E-state index in [1.807, 2.05) is 0 Å². The SMILES string of the molecule is CCC(Nc1nncs1)C(C)C. The Morgan fingerprint density at radius 1 is 1.58 bits per heavy atom. The largest absolute Gasteiger partial charge is 0.357 e. The van der Waals surface area contributed by atoms with Crippen LogP contribution < -0.4 is 5.32 Å². The summed E-state index contributed by atoms with van der Waals surface area (Å²) in [6.45, 7) is 6.60. The zero-order valence-corrected chi connectivity index (χ0v) is 8.56. The molecule has 1 N–H and O–H groups in total. The summed E-state index contributed by atoms with van der Waals surface area (Å²) in [5, 5.41) is 12.0. The number of nitrogens with one attached hydrogen (secondary N) is 1. The number of hydrogen-bond donors (Lipinski definition) is 1. The molecule has 0 fully saturated rings. The number of hydrogen-bond acceptors (Lipinski definition) is 4. The van der Waals surface area contributed by atoms with Crippen LogP contribution in [0, 0.1) is 5.92 Å². The Morgan fingerprint density at radius 2 is 2.33 bits per heavy atom. The average Bonchev–Trinajstić information content (AvgIpc) is 2.51. The fourth-order valence-electron chi connectivity index (χ4n) is 1.13. The van der Waals surface area contributed by atoms with Crippen LogP contribution in [0.5, 0.6) is 0 Å². The van der Waals surface area contributed by atoms with Crippen molar-refractivity contribution in [2.45, 2.75) is 33.2 Å². The molecule has 0 spiro atoms. The van der Waals surface area contributed by atoms with Gasteiger partial charge in [-0.25, -0.2) is 0 Å². The molecular formula is C8H15N3S. The van der Waals surface area contributed by atoms with E-state index >= 15 is 0 Å². The number of aromatic nitrogens is 2. The summed E-state index contributed by atoms with van der Waals surface area (Å²) in [4.78, 5) is 0. The first-order chi connectivity index (χ1) is 5.74. The van der Waals surface area contributed by atoms with Crippen LogP contribution >= 0.6 is 11.3 Å². The van der Waals surface area contributed by atoms with E-state index in [4.69, 9.17) is 0 Å². The first-order valence-corrected chi connectivity index (χ1v) is 5.14. The summed E-state index contributed by atoms with van der Waals surface area (Å²) < 4.78 is 0. The van der Waals surface area contributed by atoms with Gasteiger partial charge in [0.25, 0.3) is 0 Å². The lowest BCUT2D eigenvalue weighted by Gasteiger charge is -2.19. The van der Waals surface area contributed by atoms with Crippen LogP contribution in [0.4, 0.5) is 5.13 Å². The molecule has 0 saturated heterocycles. The van der Waals surface area contributed by atoms with Crippen molar-refractivity contribution in [3.63, 3.8) is 0 Å². The van der Waals surface area contributed by atoms with Gasteiger partial charge in [-0.3, -0.25) is 0 Å². The second-order valence-corrected chi connectivity index (χ2v) is 3.98. The maximum Gasteiger partial charge on any atom is 0.205 e. The minimum atomic E-state index is 0.512. The Hall–Kier alpha value is -0.640. The molecule has 0 saturated carbocycles. The van der Waals surface area contributed by atoms with Gasteiger partial charge in [-0.15, -0.1) is 10.2 Å². The quantitative estimate of drug-likeness (QED) is 0.782. The smallest absolute Gasteiger partial charge is 0.205 e. The molecule has 1 atom stereocenters. The Bertz CT molecular complexity index is 208. The second-order valence-electron chi connectivity index (χ2n) is 3.15. The molecule has 1 aromatic rings. The van der Waals surface area contributed by atoms with E-state index in [0.29, 0.717) is 12.0 Å². The summed E-state index contributed by atoms with van der Waals surface area (Å²) in [5.74, 6) is 0.638. The van der Waals surface area contributed by atoms with Gasteiger partial charge in [0.2, 0.25) is 5.13 Å². The molecule has 4 heteroatoms. The van der Waals surface area contributed by atoms with Crippen molar-refractivity contribution in [1.29, 1.82) is 0 Å². The minimum Gasteiger partial charge on any atom is -0.357 e. The topological polar surface area (TPSA) is 37.8 Å². The summed E-state index contributed by atoms with van der Waals surface area (Å²) in [6.07, 6.45) is 1.12. The van der Waals surface area contributed by atoms with Crippen molar-refractivity contribution in [2.75, 3.05) is 5.32 Å². The van der Waals surface area contributed by atoms with Crippen LogP contribution in [0.1, 0.15) is 27.2 Å². The van der Waals surface area contributed by atoms with Gasteiger partial charge < -0.3 is 5.32 Å². The van der Waals surface area contributed by atoms with Gasteiger partial charge >= 0.3 is 0 Å². The molecular weight excluding hydrogens is 170 g/mol. The molecule has 12 heavy (non-hydrogen) atoms. The molecule has 1 aromatic heterocycles. The Labute approximate surface area is 77.2 Å². The van der Waals surface area contributed by atoms with Crippen LogP contribution in [0.3, 0.4) is 0 Å². The third-order valence-electron chi connectivity index (χ3n) is 1.91. The number of nitrogens with zero attached hydrogens (tertiary/aromatic N) is 2. The van der Waals surface area contributed by atoms with E-state index in [-0.39, 0.29) is 0 Å². The van der Waals surface area contributed by atoms with Crippen LogP contribution in [0.2, 0.25) is 0 Å². The lowest BCUT2D eigenvalue weighted by Crippen LogP contribution is -2.24. The van der Waals surface area contributed by atoms with E-state index in [1.54, 1.807) is 16.8 Å². The van der Waals surface area contributed by atoms with Gasteiger partial charge in [0.15, 0.2) is 0 Å². The maximum absolute atomic E-state index is 3.94. The summed E-state index contributed by atoms with van der Waals surface area (Å²) >= 11 is 1.55. The number of anilines is 1. The molecule has 0 aromatic carbocycles. The highest BCUT2D eigenvalue weighted by molar-refractivity contribution is 7.13. The maximum atomic E-state index is 3.94. The summed E-state index contributed by atoms with van der Waals surface area (Å²) in [5.41, 5.74) is 1.75. The Kier molecular flexibility index (Phi) is 3.47. The zero-order valence-electron chi connectivity index (χ0n) is 7.74. The highest BCUT2D eigenvalue weighted by atomic mass is 32.1. The van der Waals surface area contributed by atoms with Crippen molar-refractivity contribution in [3.8, 4) is 0 Å². The molecule has 1 unspecified atom stereocenters. The van der Waals surface area contributed by atoms with Gasteiger partial charge in [-0.1, -0.05) is 32.1 Å². The van der Waals surface area contributed by atoms with Gasteiger partial charge in [-0.2, -0.15) is 0 Å². The minimum absolute atomic E-state index is 0.512. The molecule has 68 valence electrons. The number of rotatable bonds is 4. The van der Waals surface area contributed by atoms with Crippen molar-refractivity contribution in [3.05, 3.63) is 5.51 Å². The van der Waals surface area contributed by atoms with E-state index in [9.17, 15) is 0 Å². The van der Waals surface area contributed by atoms with Crippen LogP contribution in [0.25, 0.3) is 0 Å². The first-order valence-electron chi connectivity index (χ1n) is 4.26. The molecule has 1 rings (SSSR count). The van der Waals surface area contributed by atoms with Gasteiger partial charge in [0.05, 0.1) is 0 Å². The Balaban J connectivity index is 2.48. The van der Waals surface area contributed by atoms with Gasteiger partial charge in [0, 0.05) is 6.04 Å². The van der Waals surface area contributed by atoms with Gasteiger partial charge in [0.1, 0.15) is 5.51 Å². The third-order valence-corrected chi connectivity index (χ3v) is 2.54. The van der Waals surface area contributed by atoms with Crippen molar-refractivity contribution >= 4 is 16.5 Å². The molecule has 1 heterocycles. The molecule has 3 nitrogen and oxygen atoms in total. The third kappa shape index (κ3) is 2.44. The summed E-state index contributed by atoms with van der Waals surface area (Å²) in [7, 11) is 0. The molecule has 0 aliphatic carbocycles. The van der Waals surface area contributed by atoms with Crippen molar-refractivity contribution in [2.24, 2.45) is 5.92 Å². The predicted molar refractivity (Wildman–Crippen MR) is 52.4 cm³/mol. The van der Waals surface area contributed by atoms with E-state index in [0.717, 1.165) is 11.6 Å². The molecule has 0 radical (unpaired) electrons. The normalized spacial score (nSPS) is 13.3. The molecule has 0 aliphatic rings. The van der Waals surface area contributed by atoms with Crippen LogP contribution in [-0.2, 0) is 0 Å². The monoisotopic (exact) mass is 185 g/mol. The lowest BCUT2D eigenvalue weighted by molar-refractivity contribution is 0.510. The van der Waals surface area contributed by atoms with E-state index < -0.39 is 0 Å². The first kappa shape index (κ1) is 9.45. The molecule has 0 amide bonds. The van der Waals surface area contributed by atoms with E-state index in [2.05, 4.69) is 36.3 Å². The zero-order chi connectivity index (χ0) is 8.97. The lowest BCUT2D eigenvalue weighted by atomic mass is 10.0. The second kappa shape index (κ2) is 4.40. The highest BCUT2D eigenvalue weighted by Gasteiger charge is 2.11. The van der Waals surface area contributed by atoms with E-state index in [1.165, 1.54) is 0 Å². The van der Waals surface area contributed by atoms with Crippen LogP contribution in [-0.4, -0.2) is 16.2 Å². The molecule has 0 bridgehead atoms. The van der Waals surface area contributed by atoms with Crippen LogP contribution in [0.15, 0.2) is 5.51 Å². The standard InChI is InChI=1S/C8H15N3S/c1-4-7(6(2)3)10-8-11-9-5-12-8/h5-7H,4H2,1-3H3,(H,10,11). The summed E-state index contributed by atoms with van der Waals surface area (Å²) in [6, 6.07) is 0.512. The predicted octanol–water partition coefficient (Wildman–Crippen LogP) is 2.38. The molecule has 0 aliphatic heterocycles. The van der Waals surface area contributed by atoms with Crippen molar-refractivity contribution < 1.29 is 0 Å². The average molecular weight is 185 g/mol. The fraction of sp³-hybridized carbons (Fsp3) is 0.750. The Morgan fingerprint density at radius 3 is 2.75 bits per heavy atom. The highest BCUT2D eigenvalue weighted by Crippen LogP contribution is 2.15.